The molecule has 2 aromatic heterocycles. The fourth-order valence-corrected chi connectivity index (χ4v) is 5.05. The Balaban J connectivity index is 1.42. The van der Waals surface area contributed by atoms with Crippen LogP contribution in [0.15, 0.2) is 78.9 Å². The van der Waals surface area contributed by atoms with Gasteiger partial charge in [0.05, 0.1) is 43.7 Å². The minimum atomic E-state index is 0.299. The number of aromatic nitrogens is 2. The molecule has 0 bridgehead atoms. The van der Waals surface area contributed by atoms with Crippen LogP contribution >= 0.6 is 0 Å². The van der Waals surface area contributed by atoms with E-state index in [9.17, 15) is 0 Å². The van der Waals surface area contributed by atoms with Crippen LogP contribution in [0.4, 0.5) is 11.5 Å². The SMILES string of the molecule is c1ccc(CC2COCCN2c2cc(N3CCOCC3)n3nc(-c4ccccc4)cc3c2)cc1. The van der Waals surface area contributed by atoms with Gasteiger partial charge in [0.25, 0.3) is 0 Å². The van der Waals surface area contributed by atoms with E-state index in [1.165, 1.54) is 11.3 Å². The molecule has 2 fully saturated rings. The summed E-state index contributed by atoms with van der Waals surface area (Å²) in [6.45, 7) is 5.60. The molecule has 0 spiro atoms. The van der Waals surface area contributed by atoms with Crippen molar-refractivity contribution in [3.63, 3.8) is 0 Å². The number of fused-ring (bicyclic) bond motifs is 1. The average molecular weight is 455 g/mol. The fraction of sp³-hybridized carbons (Fsp3) is 0.321. The molecule has 2 aliphatic rings. The second-order valence-electron chi connectivity index (χ2n) is 9.02. The first-order valence-electron chi connectivity index (χ1n) is 12.2. The normalized spacial score (nSPS) is 19.0. The molecule has 6 rings (SSSR count). The highest BCUT2D eigenvalue weighted by molar-refractivity contribution is 5.73. The predicted octanol–water partition coefficient (Wildman–Crippen LogP) is 4.29. The zero-order valence-corrected chi connectivity index (χ0v) is 19.3. The van der Waals surface area contributed by atoms with Crippen LogP contribution in [-0.2, 0) is 15.9 Å². The summed E-state index contributed by atoms with van der Waals surface area (Å²) < 4.78 is 13.7. The van der Waals surface area contributed by atoms with Gasteiger partial charge in [-0.25, -0.2) is 4.52 Å². The number of pyridine rings is 1. The molecule has 0 N–H and O–H groups in total. The summed E-state index contributed by atoms with van der Waals surface area (Å²) in [7, 11) is 0. The van der Waals surface area contributed by atoms with E-state index in [0.29, 0.717) is 6.04 Å². The van der Waals surface area contributed by atoms with E-state index < -0.39 is 0 Å². The van der Waals surface area contributed by atoms with Gasteiger partial charge in [-0.1, -0.05) is 60.7 Å². The molecule has 0 saturated carbocycles. The Hall–Kier alpha value is -3.35. The first-order valence-corrected chi connectivity index (χ1v) is 12.2. The maximum Gasteiger partial charge on any atom is 0.132 e. The van der Waals surface area contributed by atoms with Gasteiger partial charge in [-0.2, -0.15) is 5.10 Å². The molecule has 34 heavy (non-hydrogen) atoms. The molecule has 6 nitrogen and oxygen atoms in total. The van der Waals surface area contributed by atoms with E-state index in [0.717, 1.165) is 75.1 Å². The van der Waals surface area contributed by atoms with Crippen molar-refractivity contribution in [2.24, 2.45) is 0 Å². The van der Waals surface area contributed by atoms with Crippen LogP contribution < -0.4 is 9.80 Å². The van der Waals surface area contributed by atoms with Crippen molar-refractivity contribution in [2.45, 2.75) is 12.5 Å². The van der Waals surface area contributed by atoms with Gasteiger partial charge in [-0.3, -0.25) is 0 Å². The Morgan fingerprint density at radius 1 is 0.794 bits per heavy atom. The smallest absolute Gasteiger partial charge is 0.132 e. The number of nitrogens with zero attached hydrogens (tertiary/aromatic N) is 4. The van der Waals surface area contributed by atoms with Gasteiger partial charge in [0.15, 0.2) is 0 Å². The van der Waals surface area contributed by atoms with Gasteiger partial charge in [0.2, 0.25) is 0 Å². The molecule has 1 unspecified atom stereocenters. The average Bonchev–Trinajstić information content (AvgIpc) is 3.34. The molecular weight excluding hydrogens is 424 g/mol. The third-order valence-electron chi connectivity index (χ3n) is 6.80. The topological polar surface area (TPSA) is 42.2 Å². The summed E-state index contributed by atoms with van der Waals surface area (Å²) >= 11 is 0. The highest BCUT2D eigenvalue weighted by Crippen LogP contribution is 2.31. The molecule has 0 radical (unpaired) electrons. The number of rotatable bonds is 5. The number of morpholine rings is 2. The first kappa shape index (κ1) is 21.2. The van der Waals surface area contributed by atoms with Crippen LogP contribution in [0.5, 0.6) is 0 Å². The Labute approximate surface area is 200 Å². The van der Waals surface area contributed by atoms with E-state index in [4.69, 9.17) is 14.6 Å². The largest absolute Gasteiger partial charge is 0.378 e. The maximum atomic E-state index is 5.92. The minimum Gasteiger partial charge on any atom is -0.378 e. The highest BCUT2D eigenvalue weighted by Gasteiger charge is 2.26. The molecule has 4 heterocycles. The zero-order valence-electron chi connectivity index (χ0n) is 19.3. The van der Waals surface area contributed by atoms with Gasteiger partial charge in [0.1, 0.15) is 5.82 Å². The summed E-state index contributed by atoms with van der Waals surface area (Å²) in [6.07, 6.45) is 0.966. The Morgan fingerprint density at radius 3 is 2.32 bits per heavy atom. The first-order chi connectivity index (χ1) is 16.8. The van der Waals surface area contributed by atoms with Crippen molar-refractivity contribution >= 4 is 17.0 Å². The van der Waals surface area contributed by atoms with Gasteiger partial charge in [-0.15, -0.1) is 0 Å². The van der Waals surface area contributed by atoms with Crippen LogP contribution in [0.3, 0.4) is 0 Å². The monoisotopic (exact) mass is 454 g/mol. The van der Waals surface area contributed by atoms with Crippen LogP contribution in [-0.4, -0.2) is 61.7 Å². The van der Waals surface area contributed by atoms with Crippen molar-refractivity contribution in [3.8, 4) is 11.3 Å². The van der Waals surface area contributed by atoms with E-state index >= 15 is 0 Å². The van der Waals surface area contributed by atoms with Crippen molar-refractivity contribution in [3.05, 3.63) is 84.4 Å². The lowest BCUT2D eigenvalue weighted by atomic mass is 10.0. The van der Waals surface area contributed by atoms with Crippen molar-refractivity contribution in [1.82, 2.24) is 9.61 Å². The van der Waals surface area contributed by atoms with E-state index in [1.54, 1.807) is 0 Å². The second kappa shape index (κ2) is 9.49. The summed E-state index contributed by atoms with van der Waals surface area (Å²) in [4.78, 5) is 4.92. The van der Waals surface area contributed by atoms with Gasteiger partial charge in [-0.05, 0) is 24.1 Å². The Kier molecular flexibility index (Phi) is 5.92. The molecule has 0 aliphatic carbocycles. The Bertz CT molecular complexity index is 1240. The number of hydrogen-bond acceptors (Lipinski definition) is 5. The third kappa shape index (κ3) is 4.27. The quantitative estimate of drug-likeness (QED) is 0.450. The van der Waals surface area contributed by atoms with Crippen molar-refractivity contribution in [1.29, 1.82) is 0 Å². The highest BCUT2D eigenvalue weighted by atomic mass is 16.5. The standard InChI is InChI=1S/C28H30N4O2/c1-3-7-22(8-4-1)17-26-21-34-16-13-31(26)24-18-25-19-27(23-9-5-2-6-10-23)29-32(25)28(20-24)30-11-14-33-15-12-30/h1-10,18-20,26H,11-17,21H2. The maximum absolute atomic E-state index is 5.92. The predicted molar refractivity (Wildman–Crippen MR) is 136 cm³/mol. The lowest BCUT2D eigenvalue weighted by molar-refractivity contribution is 0.0941. The van der Waals surface area contributed by atoms with E-state index in [-0.39, 0.29) is 0 Å². The van der Waals surface area contributed by atoms with Gasteiger partial charge >= 0.3 is 0 Å². The van der Waals surface area contributed by atoms with Crippen LogP contribution in [0, 0.1) is 0 Å². The van der Waals surface area contributed by atoms with Gasteiger partial charge in [0, 0.05) is 37.0 Å². The number of benzene rings is 2. The number of ether oxygens (including phenoxy) is 2. The van der Waals surface area contributed by atoms with Crippen LogP contribution in [0.25, 0.3) is 16.8 Å². The molecule has 2 saturated heterocycles. The lowest BCUT2D eigenvalue weighted by Gasteiger charge is -2.38. The summed E-state index contributed by atoms with van der Waals surface area (Å²) in [5.74, 6) is 1.13. The molecule has 1 atom stereocenters. The number of anilines is 2. The fourth-order valence-electron chi connectivity index (χ4n) is 5.05. The summed E-state index contributed by atoms with van der Waals surface area (Å²) in [6, 6.07) is 28.2. The van der Waals surface area contributed by atoms with Crippen LogP contribution in [0.1, 0.15) is 5.56 Å². The van der Waals surface area contributed by atoms with E-state index in [2.05, 4.69) is 87.1 Å². The zero-order chi connectivity index (χ0) is 22.7. The molecule has 4 aromatic rings. The van der Waals surface area contributed by atoms with Crippen molar-refractivity contribution < 1.29 is 9.47 Å². The summed E-state index contributed by atoms with van der Waals surface area (Å²) in [5, 5.41) is 5.02. The molecule has 0 amide bonds. The minimum absolute atomic E-state index is 0.299. The Morgan fingerprint density at radius 2 is 1.53 bits per heavy atom. The molecular formula is C28H30N4O2. The molecule has 6 heteroatoms. The molecule has 174 valence electrons. The lowest BCUT2D eigenvalue weighted by Crippen LogP contribution is -2.47. The second-order valence-corrected chi connectivity index (χ2v) is 9.02. The number of hydrogen-bond donors (Lipinski definition) is 0. The molecule has 2 aliphatic heterocycles. The summed E-state index contributed by atoms with van der Waals surface area (Å²) in [5.41, 5.74) is 5.82. The van der Waals surface area contributed by atoms with Crippen molar-refractivity contribution in [2.75, 3.05) is 55.9 Å². The molecule has 2 aromatic carbocycles. The van der Waals surface area contributed by atoms with Gasteiger partial charge < -0.3 is 19.3 Å². The third-order valence-corrected chi connectivity index (χ3v) is 6.80. The van der Waals surface area contributed by atoms with Crippen LogP contribution in [0.2, 0.25) is 0 Å². The van der Waals surface area contributed by atoms with E-state index in [1.807, 2.05) is 6.07 Å².